The molecule has 1 aliphatic rings. The first-order chi connectivity index (χ1) is 32.1. The third-order valence-electron chi connectivity index (χ3n) is 13.1. The van der Waals surface area contributed by atoms with Gasteiger partial charge in [0.2, 0.25) is 0 Å². The Morgan fingerprint density at radius 2 is 1.02 bits per heavy atom. The summed E-state index contributed by atoms with van der Waals surface area (Å²) in [5, 5.41) is 2.51. The van der Waals surface area contributed by atoms with Crippen molar-refractivity contribution < 1.29 is 0 Å². The third kappa shape index (κ3) is 8.92. The lowest BCUT2D eigenvalue weighted by molar-refractivity contribution is 0.420. The molecule has 10 rings (SSSR count). The summed E-state index contributed by atoms with van der Waals surface area (Å²) in [4.78, 5) is 2.36. The van der Waals surface area contributed by atoms with Crippen LogP contribution in [0.1, 0.15) is 48.8 Å². The van der Waals surface area contributed by atoms with Gasteiger partial charge in [0.05, 0.1) is 0 Å². The molecule has 9 aromatic carbocycles. The van der Waals surface area contributed by atoms with Crippen LogP contribution in [0.25, 0.3) is 72.5 Å². The molecular weight excluding hydrogens is 783 g/mol. The van der Waals surface area contributed by atoms with E-state index in [0.29, 0.717) is 5.92 Å². The van der Waals surface area contributed by atoms with E-state index in [9.17, 15) is 0 Å². The van der Waals surface area contributed by atoms with Crippen LogP contribution >= 0.6 is 0 Å². The van der Waals surface area contributed by atoms with E-state index < -0.39 is 0 Å². The maximum atomic E-state index is 2.40. The second-order valence-corrected chi connectivity index (χ2v) is 17.2. The summed E-state index contributed by atoms with van der Waals surface area (Å²) in [6, 6.07) is 77.5. The zero-order valence-electron chi connectivity index (χ0n) is 37.2. The summed E-state index contributed by atoms with van der Waals surface area (Å²) in [5.41, 5.74) is 19.7. The van der Waals surface area contributed by atoms with Gasteiger partial charge >= 0.3 is 0 Å². The second-order valence-electron chi connectivity index (χ2n) is 17.2. The van der Waals surface area contributed by atoms with E-state index in [-0.39, 0.29) is 0 Å². The number of anilines is 2. The van der Waals surface area contributed by atoms with Gasteiger partial charge in [-0.1, -0.05) is 207 Å². The molecular formula is C64H53N. The van der Waals surface area contributed by atoms with Crippen LogP contribution in [0.4, 0.5) is 11.4 Å². The largest absolute Gasteiger partial charge is 0.311 e. The van der Waals surface area contributed by atoms with Crippen molar-refractivity contribution in [2.75, 3.05) is 4.90 Å². The summed E-state index contributed by atoms with van der Waals surface area (Å²) in [6.07, 6.45) is 14.8. The molecule has 1 saturated carbocycles. The molecule has 65 heavy (non-hydrogen) atoms. The minimum Gasteiger partial charge on any atom is -0.311 e. The Bertz CT molecular complexity index is 3140. The highest BCUT2D eigenvalue weighted by Crippen LogP contribution is 2.43. The van der Waals surface area contributed by atoms with E-state index in [2.05, 4.69) is 261 Å². The molecule has 0 atom stereocenters. The number of aryl methyl sites for hydroxylation is 1. The van der Waals surface area contributed by atoms with Crippen LogP contribution in [0.15, 0.2) is 242 Å². The van der Waals surface area contributed by atoms with Crippen molar-refractivity contribution in [3.05, 3.63) is 259 Å². The van der Waals surface area contributed by atoms with Gasteiger partial charge in [-0.15, -0.1) is 0 Å². The Hall–Kier alpha value is -7.74. The molecule has 0 bridgehead atoms. The summed E-state index contributed by atoms with van der Waals surface area (Å²) in [5.74, 6) is 0.671. The summed E-state index contributed by atoms with van der Waals surface area (Å²) in [7, 11) is 0. The van der Waals surface area contributed by atoms with Gasteiger partial charge in [0.25, 0.3) is 0 Å². The summed E-state index contributed by atoms with van der Waals surface area (Å²) < 4.78 is 0. The van der Waals surface area contributed by atoms with Gasteiger partial charge in [-0.3, -0.25) is 0 Å². The molecule has 0 aliphatic heterocycles. The van der Waals surface area contributed by atoms with Crippen LogP contribution in [0.2, 0.25) is 0 Å². The van der Waals surface area contributed by atoms with Crippen molar-refractivity contribution in [3.63, 3.8) is 0 Å². The van der Waals surface area contributed by atoms with E-state index in [1.165, 1.54) is 96.8 Å². The fraction of sp³-hybridized carbons (Fsp3) is 0.0938. The van der Waals surface area contributed by atoms with Crippen molar-refractivity contribution in [3.8, 4) is 55.6 Å². The predicted octanol–water partition coefficient (Wildman–Crippen LogP) is 18.1. The topological polar surface area (TPSA) is 3.24 Å². The fourth-order valence-corrected chi connectivity index (χ4v) is 9.33. The lowest BCUT2D eigenvalue weighted by Gasteiger charge is -2.28. The van der Waals surface area contributed by atoms with Gasteiger partial charge in [-0.2, -0.15) is 0 Å². The first-order valence-corrected chi connectivity index (χ1v) is 23.1. The Morgan fingerprint density at radius 3 is 1.69 bits per heavy atom. The number of fused-ring (bicyclic) bond motifs is 1. The number of nitrogens with zero attached hydrogens (tertiary/aromatic N) is 1. The van der Waals surface area contributed by atoms with E-state index in [0.717, 1.165) is 22.6 Å². The smallest absolute Gasteiger partial charge is 0.0462 e. The third-order valence-corrected chi connectivity index (χ3v) is 13.1. The molecule has 0 aromatic heterocycles. The molecule has 314 valence electrons. The highest BCUT2D eigenvalue weighted by Gasteiger charge is 2.23. The van der Waals surface area contributed by atoms with E-state index in [4.69, 9.17) is 0 Å². The van der Waals surface area contributed by atoms with E-state index in [1.807, 2.05) is 0 Å². The summed E-state index contributed by atoms with van der Waals surface area (Å²) >= 11 is 0. The Kier molecular flexibility index (Phi) is 12.0. The highest BCUT2D eigenvalue weighted by molar-refractivity contribution is 5.97. The molecule has 0 heterocycles. The van der Waals surface area contributed by atoms with Gasteiger partial charge in [0, 0.05) is 17.1 Å². The van der Waals surface area contributed by atoms with Gasteiger partial charge in [0.1, 0.15) is 0 Å². The molecule has 0 spiro atoms. The Labute approximate surface area is 385 Å². The highest BCUT2D eigenvalue weighted by atomic mass is 15.1. The molecule has 9 aromatic rings. The van der Waals surface area contributed by atoms with Crippen molar-refractivity contribution in [2.45, 2.75) is 39.0 Å². The van der Waals surface area contributed by atoms with Crippen molar-refractivity contribution >= 4 is 28.2 Å². The molecule has 1 nitrogen and oxygen atoms in total. The fourth-order valence-electron chi connectivity index (χ4n) is 9.33. The van der Waals surface area contributed by atoms with Gasteiger partial charge in [-0.05, 0) is 158 Å². The quantitative estimate of drug-likeness (QED) is 0.111. The van der Waals surface area contributed by atoms with Crippen LogP contribution in [0, 0.1) is 6.92 Å². The average molecular weight is 836 g/mol. The van der Waals surface area contributed by atoms with Gasteiger partial charge in [0.15, 0.2) is 0 Å². The first kappa shape index (κ1) is 41.3. The zero-order valence-corrected chi connectivity index (χ0v) is 37.2. The van der Waals surface area contributed by atoms with E-state index >= 15 is 0 Å². The average Bonchev–Trinajstić information content (AvgIpc) is 3.35. The van der Waals surface area contributed by atoms with Crippen molar-refractivity contribution in [1.29, 1.82) is 0 Å². The number of rotatable bonds is 12. The van der Waals surface area contributed by atoms with Crippen LogP contribution in [-0.4, -0.2) is 0 Å². The number of hydrogen-bond donors (Lipinski definition) is 0. The number of allylic oxidation sites excluding steroid dienone is 4. The molecule has 0 saturated heterocycles. The van der Waals surface area contributed by atoms with Crippen LogP contribution < -0.4 is 4.90 Å². The molecule has 0 radical (unpaired) electrons. The van der Waals surface area contributed by atoms with Gasteiger partial charge in [-0.25, -0.2) is 0 Å². The van der Waals surface area contributed by atoms with Gasteiger partial charge < -0.3 is 4.90 Å². The van der Waals surface area contributed by atoms with E-state index in [1.54, 1.807) is 0 Å². The van der Waals surface area contributed by atoms with Crippen LogP contribution in [0.3, 0.4) is 0 Å². The molecule has 0 amide bonds. The normalized spacial score (nSPS) is 13.1. The Morgan fingerprint density at radius 1 is 0.477 bits per heavy atom. The SMILES string of the molecule is C\C=C/C(=C\C=C\c1ccc(-c2ccc(-c3ccccc3)cc2)cc1)N(c1ccc(-c2ccc(C)c(-c3ccccc3C3CCC3)c2)cc1)c1ccc(-c2cccc3ccccc23)cc1. The second kappa shape index (κ2) is 18.9. The molecule has 0 N–H and O–H groups in total. The Balaban J connectivity index is 0.967. The molecule has 1 heteroatoms. The number of benzene rings is 9. The standard InChI is InChI=1S/C64H53N/c1-3-14-57(22-11-15-47-28-31-49(32-29-47)51-35-33-50(34-36-51)48-16-5-4-6-17-48)65(59-43-39-55(40-44-59)61-26-13-21-53-18-7-8-23-60(53)61)58-41-37-52(38-42-58)56-30-27-46(2)64(45-56)63-25-10-9-24-62(63)54-19-12-20-54/h3-11,13-18,21-45,54H,12,19-20H2,1-2H3/b14-3-,15-11+,57-22+. The predicted molar refractivity (Wildman–Crippen MR) is 279 cm³/mol. The van der Waals surface area contributed by atoms with Crippen LogP contribution in [0.5, 0.6) is 0 Å². The minimum atomic E-state index is 0.671. The minimum absolute atomic E-state index is 0.671. The lowest BCUT2D eigenvalue weighted by Crippen LogP contribution is -2.15. The number of hydrogen-bond acceptors (Lipinski definition) is 1. The first-order valence-electron chi connectivity index (χ1n) is 23.1. The maximum absolute atomic E-state index is 2.40. The van der Waals surface area contributed by atoms with Crippen molar-refractivity contribution in [1.82, 2.24) is 0 Å². The zero-order chi connectivity index (χ0) is 44.0. The molecule has 1 aliphatic carbocycles. The van der Waals surface area contributed by atoms with Crippen LogP contribution in [-0.2, 0) is 0 Å². The monoisotopic (exact) mass is 835 g/mol. The maximum Gasteiger partial charge on any atom is 0.0462 e. The molecule has 1 fully saturated rings. The lowest BCUT2D eigenvalue weighted by atomic mass is 9.76. The molecule has 0 unspecified atom stereocenters. The van der Waals surface area contributed by atoms with Crippen molar-refractivity contribution in [2.24, 2.45) is 0 Å². The summed E-state index contributed by atoms with van der Waals surface area (Å²) in [6.45, 7) is 4.33.